The van der Waals surface area contributed by atoms with Crippen LogP contribution in [0.25, 0.3) is 0 Å². The Hall–Kier alpha value is -2.82. The molecule has 26 heavy (non-hydrogen) atoms. The van der Waals surface area contributed by atoms with Crippen LogP contribution < -0.4 is 15.4 Å². The maximum Gasteiger partial charge on any atom is 0.251 e. The molecule has 0 aliphatic rings. The van der Waals surface area contributed by atoms with Gasteiger partial charge in [-0.2, -0.15) is 0 Å². The van der Waals surface area contributed by atoms with Crippen LogP contribution in [0.4, 0.5) is 5.69 Å². The summed E-state index contributed by atoms with van der Waals surface area (Å²) >= 11 is 0. The number of nitrogens with one attached hydrogen (secondary N) is 2. The van der Waals surface area contributed by atoms with E-state index in [-0.39, 0.29) is 23.8 Å². The molecule has 0 spiro atoms. The van der Waals surface area contributed by atoms with Crippen molar-refractivity contribution in [2.24, 2.45) is 0 Å². The third-order valence-corrected chi connectivity index (χ3v) is 4.05. The maximum atomic E-state index is 12.2. The van der Waals surface area contributed by atoms with E-state index in [1.165, 1.54) is 0 Å². The Morgan fingerprint density at radius 3 is 2.27 bits per heavy atom. The average molecular weight is 354 g/mol. The number of methoxy groups -OCH3 is 1. The van der Waals surface area contributed by atoms with Crippen molar-refractivity contribution in [3.63, 3.8) is 0 Å². The van der Waals surface area contributed by atoms with Gasteiger partial charge in [-0.3, -0.25) is 9.59 Å². The minimum atomic E-state index is -0.312. The van der Waals surface area contributed by atoms with Crippen molar-refractivity contribution < 1.29 is 14.3 Å². The molecule has 2 rings (SSSR count). The van der Waals surface area contributed by atoms with Crippen molar-refractivity contribution >= 4 is 17.5 Å². The lowest BCUT2D eigenvalue weighted by Crippen LogP contribution is -2.33. The Morgan fingerprint density at radius 2 is 1.69 bits per heavy atom. The minimum Gasteiger partial charge on any atom is -0.495 e. The van der Waals surface area contributed by atoms with Gasteiger partial charge >= 0.3 is 0 Å². The van der Waals surface area contributed by atoms with Crippen molar-refractivity contribution in [1.82, 2.24) is 5.32 Å². The van der Waals surface area contributed by atoms with Gasteiger partial charge in [-0.25, -0.2) is 0 Å². The third kappa shape index (κ3) is 5.09. The molecule has 2 aromatic rings. The van der Waals surface area contributed by atoms with Gasteiger partial charge in [0.2, 0.25) is 5.91 Å². The van der Waals surface area contributed by atoms with Crippen LogP contribution in [-0.4, -0.2) is 25.5 Å². The summed E-state index contributed by atoms with van der Waals surface area (Å²) in [5, 5.41) is 5.40. The van der Waals surface area contributed by atoms with Crippen molar-refractivity contribution in [2.45, 2.75) is 33.1 Å². The van der Waals surface area contributed by atoms with E-state index < -0.39 is 0 Å². The lowest BCUT2D eigenvalue weighted by Gasteiger charge is -2.19. The molecule has 0 aliphatic heterocycles. The van der Waals surface area contributed by atoms with Crippen molar-refractivity contribution in [2.75, 3.05) is 19.0 Å². The van der Waals surface area contributed by atoms with Crippen LogP contribution in [-0.2, 0) is 10.2 Å². The van der Waals surface area contributed by atoms with Crippen molar-refractivity contribution in [1.29, 1.82) is 0 Å². The Bertz CT molecular complexity index is 790. The fourth-order valence-electron chi connectivity index (χ4n) is 2.50. The SMILES string of the molecule is COc1ccc(C)cc1NC(=O)CNC(=O)c1ccc(C(C)(C)C)cc1. The molecule has 5 heteroatoms. The summed E-state index contributed by atoms with van der Waals surface area (Å²) in [5.41, 5.74) is 3.30. The molecule has 5 nitrogen and oxygen atoms in total. The van der Waals surface area contributed by atoms with Crippen LogP contribution in [0.5, 0.6) is 5.75 Å². The topological polar surface area (TPSA) is 67.4 Å². The van der Waals surface area contributed by atoms with Crippen LogP contribution >= 0.6 is 0 Å². The lowest BCUT2D eigenvalue weighted by molar-refractivity contribution is -0.115. The van der Waals surface area contributed by atoms with E-state index in [9.17, 15) is 9.59 Å². The number of benzene rings is 2. The summed E-state index contributed by atoms with van der Waals surface area (Å²) < 4.78 is 5.23. The summed E-state index contributed by atoms with van der Waals surface area (Å²) in [6, 6.07) is 12.9. The van der Waals surface area contributed by atoms with Crippen molar-refractivity contribution in [3.05, 3.63) is 59.2 Å². The first-order chi connectivity index (χ1) is 12.2. The van der Waals surface area contributed by atoms with Crippen LogP contribution in [0, 0.1) is 6.92 Å². The van der Waals surface area contributed by atoms with Gasteiger partial charge in [0.05, 0.1) is 19.3 Å². The van der Waals surface area contributed by atoms with E-state index >= 15 is 0 Å². The highest BCUT2D eigenvalue weighted by molar-refractivity contribution is 5.99. The zero-order valence-corrected chi connectivity index (χ0v) is 16.0. The molecule has 0 fully saturated rings. The molecule has 0 radical (unpaired) electrons. The van der Waals surface area contributed by atoms with E-state index in [1.807, 2.05) is 31.2 Å². The first-order valence-electron chi connectivity index (χ1n) is 8.54. The van der Waals surface area contributed by atoms with E-state index in [0.29, 0.717) is 17.0 Å². The second-order valence-electron chi connectivity index (χ2n) is 7.26. The average Bonchev–Trinajstić information content (AvgIpc) is 2.59. The largest absolute Gasteiger partial charge is 0.495 e. The number of anilines is 1. The molecule has 2 N–H and O–H groups in total. The van der Waals surface area contributed by atoms with Gasteiger partial charge in [0.15, 0.2) is 0 Å². The molecule has 0 saturated carbocycles. The number of carbonyl (C=O) groups excluding carboxylic acids is 2. The smallest absolute Gasteiger partial charge is 0.251 e. The molecule has 0 bridgehead atoms. The van der Waals surface area contributed by atoms with Crippen molar-refractivity contribution in [3.8, 4) is 5.75 Å². The van der Waals surface area contributed by atoms with E-state index in [1.54, 1.807) is 25.3 Å². The zero-order valence-electron chi connectivity index (χ0n) is 16.0. The number of rotatable bonds is 5. The van der Waals surface area contributed by atoms with Crippen LogP contribution in [0.15, 0.2) is 42.5 Å². The van der Waals surface area contributed by atoms with Gasteiger partial charge < -0.3 is 15.4 Å². The number of ether oxygens (including phenoxy) is 1. The Balaban J connectivity index is 1.95. The van der Waals surface area contributed by atoms with E-state index in [2.05, 4.69) is 31.4 Å². The van der Waals surface area contributed by atoms with Crippen LogP contribution in [0.1, 0.15) is 42.3 Å². The van der Waals surface area contributed by atoms with Gasteiger partial charge in [0.1, 0.15) is 5.75 Å². The second kappa shape index (κ2) is 8.04. The highest BCUT2D eigenvalue weighted by atomic mass is 16.5. The fourth-order valence-corrected chi connectivity index (χ4v) is 2.50. The highest BCUT2D eigenvalue weighted by Gasteiger charge is 2.15. The number of carbonyl (C=O) groups is 2. The molecule has 0 saturated heterocycles. The molecule has 0 unspecified atom stereocenters. The van der Waals surface area contributed by atoms with Gasteiger partial charge in [0, 0.05) is 5.56 Å². The van der Waals surface area contributed by atoms with Gasteiger partial charge in [0.25, 0.3) is 5.91 Å². The third-order valence-electron chi connectivity index (χ3n) is 4.05. The number of hydrogen-bond acceptors (Lipinski definition) is 3. The number of aryl methyl sites for hydroxylation is 1. The number of hydrogen-bond donors (Lipinski definition) is 2. The van der Waals surface area contributed by atoms with Gasteiger partial charge in [-0.15, -0.1) is 0 Å². The molecule has 2 amide bonds. The molecule has 0 aliphatic carbocycles. The summed E-state index contributed by atoms with van der Waals surface area (Å²) in [7, 11) is 1.54. The highest BCUT2D eigenvalue weighted by Crippen LogP contribution is 2.25. The molecule has 2 aromatic carbocycles. The Labute approximate surface area is 154 Å². The molecule has 138 valence electrons. The van der Waals surface area contributed by atoms with Crippen LogP contribution in [0.3, 0.4) is 0 Å². The van der Waals surface area contributed by atoms with Gasteiger partial charge in [-0.1, -0.05) is 39.0 Å². The monoisotopic (exact) mass is 354 g/mol. The lowest BCUT2D eigenvalue weighted by atomic mass is 9.87. The fraction of sp³-hybridized carbons (Fsp3) is 0.333. The molecular formula is C21H26N2O3. The summed E-state index contributed by atoms with van der Waals surface area (Å²) in [4.78, 5) is 24.4. The van der Waals surface area contributed by atoms with E-state index in [4.69, 9.17) is 4.74 Å². The normalized spacial score (nSPS) is 11.0. The zero-order chi connectivity index (χ0) is 19.3. The number of amides is 2. The molecular weight excluding hydrogens is 328 g/mol. The summed E-state index contributed by atoms with van der Waals surface area (Å²) in [6.45, 7) is 8.17. The predicted molar refractivity (Wildman–Crippen MR) is 104 cm³/mol. The second-order valence-corrected chi connectivity index (χ2v) is 7.26. The maximum absolute atomic E-state index is 12.2. The first-order valence-corrected chi connectivity index (χ1v) is 8.54. The molecule has 0 aromatic heterocycles. The Morgan fingerprint density at radius 1 is 1.04 bits per heavy atom. The quantitative estimate of drug-likeness (QED) is 0.861. The van der Waals surface area contributed by atoms with E-state index in [0.717, 1.165) is 11.1 Å². The summed E-state index contributed by atoms with van der Waals surface area (Å²) in [6.07, 6.45) is 0. The van der Waals surface area contributed by atoms with Crippen LogP contribution in [0.2, 0.25) is 0 Å². The minimum absolute atomic E-state index is 0.0295. The molecule has 0 heterocycles. The van der Waals surface area contributed by atoms with Gasteiger partial charge in [-0.05, 0) is 47.7 Å². The Kier molecular flexibility index (Phi) is 6.03. The summed E-state index contributed by atoms with van der Waals surface area (Å²) in [5.74, 6) is -0.0153. The predicted octanol–water partition coefficient (Wildman–Crippen LogP) is 3.67. The first kappa shape index (κ1) is 19.5. The molecule has 0 atom stereocenters. The standard InChI is InChI=1S/C21H26N2O3/c1-14-6-11-18(26-5)17(12-14)23-19(24)13-22-20(25)15-7-9-16(10-8-15)21(2,3)4/h6-12H,13H2,1-5H3,(H,22,25)(H,23,24).